The quantitative estimate of drug-likeness (QED) is 0.368. The minimum absolute atomic E-state index is 0.0201. The van der Waals surface area contributed by atoms with Crippen LogP contribution in [0.25, 0.3) is 10.8 Å². The molecule has 7 nitrogen and oxygen atoms in total. The molecule has 178 valence electrons. The van der Waals surface area contributed by atoms with Gasteiger partial charge in [-0.3, -0.25) is 9.59 Å². The third-order valence-corrected chi connectivity index (χ3v) is 8.84. The first-order valence-electron chi connectivity index (χ1n) is 11.2. The molecule has 0 saturated carbocycles. The van der Waals surface area contributed by atoms with Crippen molar-refractivity contribution in [1.82, 2.24) is 0 Å². The molecule has 3 aromatic carbocycles. The van der Waals surface area contributed by atoms with Gasteiger partial charge in [0.1, 0.15) is 5.75 Å². The van der Waals surface area contributed by atoms with Gasteiger partial charge in [0, 0.05) is 25.2 Å². The third-order valence-electron chi connectivity index (χ3n) is 6.30. The molecule has 1 amide bonds. The fraction of sp³-hybridized carbons (Fsp3) is 0.308. The van der Waals surface area contributed by atoms with E-state index >= 15 is 0 Å². The Labute approximate surface area is 198 Å². The van der Waals surface area contributed by atoms with E-state index < -0.39 is 20.5 Å². The van der Waals surface area contributed by atoms with Gasteiger partial charge in [0.15, 0.2) is 20.4 Å². The highest BCUT2D eigenvalue weighted by atomic mass is 32.2. The van der Waals surface area contributed by atoms with Crippen molar-refractivity contribution in [2.75, 3.05) is 19.8 Å². The van der Waals surface area contributed by atoms with Crippen molar-refractivity contribution >= 4 is 32.3 Å². The summed E-state index contributed by atoms with van der Waals surface area (Å²) >= 11 is 0. The molecule has 1 fully saturated rings. The first-order valence-corrected chi connectivity index (χ1v) is 12.7. The van der Waals surface area contributed by atoms with Crippen LogP contribution in [0.2, 0.25) is 0 Å². The summed E-state index contributed by atoms with van der Waals surface area (Å²) in [5.41, 5.74) is 6.21. The predicted octanol–water partition coefficient (Wildman–Crippen LogP) is 3.69. The number of hydrogen-bond acceptors (Lipinski definition) is 6. The van der Waals surface area contributed by atoms with Crippen molar-refractivity contribution in [2.24, 2.45) is 5.73 Å². The van der Waals surface area contributed by atoms with Gasteiger partial charge in [-0.15, -0.1) is 0 Å². The summed E-state index contributed by atoms with van der Waals surface area (Å²) in [6.07, 6.45) is 0.928. The molecule has 1 aliphatic rings. The lowest BCUT2D eigenvalue weighted by Crippen LogP contribution is -2.53. The van der Waals surface area contributed by atoms with Crippen molar-refractivity contribution in [2.45, 2.75) is 35.3 Å². The maximum atomic E-state index is 13.2. The van der Waals surface area contributed by atoms with Crippen molar-refractivity contribution in [3.05, 3.63) is 72.3 Å². The summed E-state index contributed by atoms with van der Waals surface area (Å²) in [7, 11) is -3.98. The smallest absolute Gasteiger partial charge is 0.239 e. The number of carbonyl (C=O) groups excluding carboxylic acids is 2. The van der Waals surface area contributed by atoms with E-state index in [2.05, 4.69) is 0 Å². The highest BCUT2D eigenvalue weighted by Crippen LogP contribution is 2.35. The van der Waals surface area contributed by atoms with Crippen LogP contribution in [0.4, 0.5) is 0 Å². The number of ketones is 1. The van der Waals surface area contributed by atoms with E-state index in [1.165, 1.54) is 12.1 Å². The minimum Gasteiger partial charge on any atom is -0.494 e. The largest absolute Gasteiger partial charge is 0.494 e. The fourth-order valence-corrected chi connectivity index (χ4v) is 6.23. The maximum Gasteiger partial charge on any atom is 0.239 e. The average molecular weight is 482 g/mol. The Hall–Kier alpha value is -3.23. The van der Waals surface area contributed by atoms with Gasteiger partial charge >= 0.3 is 0 Å². The minimum atomic E-state index is -3.98. The number of benzene rings is 3. The second kappa shape index (κ2) is 9.95. The van der Waals surface area contributed by atoms with Crippen LogP contribution in [0, 0.1) is 0 Å². The van der Waals surface area contributed by atoms with Crippen LogP contribution in [0.1, 0.15) is 36.0 Å². The second-order valence-electron chi connectivity index (χ2n) is 8.35. The Morgan fingerprint density at radius 3 is 2.32 bits per heavy atom. The SMILES string of the molecule is NC(=O)C1(S(=O)(=O)c2ccc(OCCCC(=O)c3cccc4ccccc34)cc2)CCOCC1. The number of Topliss-reactive ketones (excluding diaryl/α,β-unsaturated/α-hetero) is 1. The summed E-state index contributed by atoms with van der Waals surface area (Å²) in [5, 5.41) is 1.96. The molecule has 34 heavy (non-hydrogen) atoms. The number of ether oxygens (including phenoxy) is 2. The standard InChI is InChI=1S/C26H27NO6S/c27-25(29)26(14-17-32-18-15-26)34(30,31)21-12-10-20(11-13-21)33-16-4-9-24(28)23-8-3-6-19-5-1-2-7-22(19)23/h1-3,5-8,10-13H,4,9,14-18H2,(H2,27,29). The number of sulfone groups is 1. The Morgan fingerprint density at radius 1 is 0.941 bits per heavy atom. The number of amides is 1. The normalized spacial score (nSPS) is 15.6. The Kier molecular flexibility index (Phi) is 7.00. The Balaban J connectivity index is 1.36. The third kappa shape index (κ3) is 4.56. The van der Waals surface area contributed by atoms with Gasteiger partial charge in [0.05, 0.1) is 11.5 Å². The summed E-state index contributed by atoms with van der Waals surface area (Å²) in [6, 6.07) is 19.4. The van der Waals surface area contributed by atoms with Gasteiger partial charge in [-0.05, 0) is 54.3 Å². The molecule has 3 aromatic rings. The van der Waals surface area contributed by atoms with Crippen molar-refractivity contribution < 1.29 is 27.5 Å². The van der Waals surface area contributed by atoms with E-state index in [1.54, 1.807) is 12.1 Å². The summed E-state index contributed by atoms with van der Waals surface area (Å²) in [5.74, 6) is -0.321. The molecule has 0 radical (unpaired) electrons. The number of hydrogen-bond donors (Lipinski definition) is 1. The summed E-state index contributed by atoms with van der Waals surface area (Å²) < 4.78 is 35.7. The molecule has 0 atom stereocenters. The van der Waals surface area contributed by atoms with Crippen molar-refractivity contribution in [1.29, 1.82) is 0 Å². The molecular weight excluding hydrogens is 454 g/mol. The zero-order chi connectivity index (χ0) is 24.2. The van der Waals surface area contributed by atoms with Crippen molar-refractivity contribution in [3.8, 4) is 5.75 Å². The highest BCUT2D eigenvalue weighted by molar-refractivity contribution is 7.93. The molecule has 0 unspecified atom stereocenters. The molecule has 0 bridgehead atoms. The fourth-order valence-electron chi connectivity index (χ4n) is 4.32. The van der Waals surface area contributed by atoms with E-state index in [1.807, 2.05) is 42.5 Å². The molecule has 0 spiro atoms. The van der Waals surface area contributed by atoms with E-state index in [9.17, 15) is 18.0 Å². The van der Waals surface area contributed by atoms with Crippen LogP contribution in [-0.2, 0) is 19.4 Å². The van der Waals surface area contributed by atoms with Gasteiger partial charge < -0.3 is 15.2 Å². The topological polar surface area (TPSA) is 113 Å². The molecule has 8 heteroatoms. The number of carbonyl (C=O) groups is 2. The Morgan fingerprint density at radius 2 is 1.62 bits per heavy atom. The number of rotatable bonds is 9. The molecule has 1 saturated heterocycles. The monoisotopic (exact) mass is 481 g/mol. The summed E-state index contributed by atoms with van der Waals surface area (Å²) in [6.45, 7) is 0.646. The number of fused-ring (bicyclic) bond motifs is 1. The van der Waals surface area contributed by atoms with E-state index in [4.69, 9.17) is 15.2 Å². The average Bonchev–Trinajstić information content (AvgIpc) is 2.86. The van der Waals surface area contributed by atoms with E-state index in [-0.39, 0.29) is 36.7 Å². The van der Waals surface area contributed by atoms with Gasteiger partial charge in [-0.25, -0.2) is 8.42 Å². The van der Waals surface area contributed by atoms with Gasteiger partial charge in [0.25, 0.3) is 0 Å². The zero-order valence-electron chi connectivity index (χ0n) is 18.7. The van der Waals surface area contributed by atoms with Gasteiger partial charge in [-0.1, -0.05) is 42.5 Å². The first kappa shape index (κ1) is 23.9. The molecule has 2 N–H and O–H groups in total. The second-order valence-corrected chi connectivity index (χ2v) is 10.6. The number of primary amides is 1. The van der Waals surface area contributed by atoms with Crippen LogP contribution >= 0.6 is 0 Å². The Bertz CT molecular complexity index is 1290. The molecule has 1 aliphatic heterocycles. The first-order chi connectivity index (χ1) is 16.3. The van der Waals surface area contributed by atoms with E-state index in [0.29, 0.717) is 30.8 Å². The predicted molar refractivity (Wildman–Crippen MR) is 129 cm³/mol. The molecule has 0 aromatic heterocycles. The molecule has 0 aliphatic carbocycles. The van der Waals surface area contributed by atoms with Crippen LogP contribution < -0.4 is 10.5 Å². The van der Waals surface area contributed by atoms with Crippen LogP contribution in [0.15, 0.2) is 71.6 Å². The van der Waals surface area contributed by atoms with E-state index in [0.717, 1.165) is 10.8 Å². The van der Waals surface area contributed by atoms with Crippen LogP contribution in [0.3, 0.4) is 0 Å². The molecule has 4 rings (SSSR count). The van der Waals surface area contributed by atoms with Crippen molar-refractivity contribution in [3.63, 3.8) is 0 Å². The zero-order valence-corrected chi connectivity index (χ0v) is 19.6. The highest BCUT2D eigenvalue weighted by Gasteiger charge is 2.51. The van der Waals surface area contributed by atoms with Gasteiger partial charge in [-0.2, -0.15) is 0 Å². The van der Waals surface area contributed by atoms with Crippen LogP contribution in [-0.4, -0.2) is 44.7 Å². The summed E-state index contributed by atoms with van der Waals surface area (Å²) in [4.78, 5) is 24.8. The molecular formula is C26H27NO6S. The lowest BCUT2D eigenvalue weighted by molar-refractivity contribution is -0.122. The lowest BCUT2D eigenvalue weighted by atomic mass is 9.98. The molecule has 1 heterocycles. The number of nitrogens with two attached hydrogens (primary N) is 1. The van der Waals surface area contributed by atoms with Crippen LogP contribution in [0.5, 0.6) is 5.75 Å². The maximum absolute atomic E-state index is 13.2. The lowest BCUT2D eigenvalue weighted by Gasteiger charge is -2.33. The van der Waals surface area contributed by atoms with Gasteiger partial charge in [0.2, 0.25) is 5.91 Å².